The number of aryl methyl sites for hydroxylation is 1. The Hall–Kier alpha value is -1.81. The van der Waals surface area contributed by atoms with E-state index < -0.39 is 6.10 Å². The molecular formula is C20H31IN4O3. The molecule has 0 saturated carbocycles. The second kappa shape index (κ2) is 12.6. The number of hydrogen-bond acceptors (Lipinski definition) is 5. The standard InChI is InChI=1S/C20H30N4O3.HI/c1-5-21-20(23-12-18-10-19(14(2)3)24-27-18)22-11-16(25)13-26-17-8-6-7-15(4)9-17;/h6-10,14,16,25H,5,11-13H2,1-4H3,(H2,21,22,23);1H. The van der Waals surface area contributed by atoms with Crippen LogP contribution in [0.15, 0.2) is 39.8 Å². The highest BCUT2D eigenvalue weighted by atomic mass is 127. The van der Waals surface area contributed by atoms with Gasteiger partial charge in [-0.2, -0.15) is 0 Å². The first-order valence-corrected chi connectivity index (χ1v) is 9.33. The van der Waals surface area contributed by atoms with Crippen molar-refractivity contribution >= 4 is 29.9 Å². The number of hydrogen-bond donors (Lipinski definition) is 3. The number of halogens is 1. The fourth-order valence-electron chi connectivity index (χ4n) is 2.35. The van der Waals surface area contributed by atoms with E-state index in [0.717, 1.165) is 23.6 Å². The lowest BCUT2D eigenvalue weighted by atomic mass is 10.1. The van der Waals surface area contributed by atoms with Crippen LogP contribution in [0, 0.1) is 6.92 Å². The Morgan fingerprint density at radius 2 is 2.07 bits per heavy atom. The number of aliphatic hydroxyl groups is 1. The molecule has 0 aliphatic carbocycles. The van der Waals surface area contributed by atoms with Crippen LogP contribution in [-0.4, -0.2) is 42.0 Å². The molecule has 1 atom stereocenters. The van der Waals surface area contributed by atoms with Crippen molar-refractivity contribution in [2.75, 3.05) is 19.7 Å². The van der Waals surface area contributed by atoms with Crippen molar-refractivity contribution in [3.8, 4) is 5.75 Å². The zero-order valence-corrected chi connectivity index (χ0v) is 19.3. The lowest BCUT2D eigenvalue weighted by Gasteiger charge is -2.16. The maximum absolute atomic E-state index is 10.1. The smallest absolute Gasteiger partial charge is 0.191 e. The van der Waals surface area contributed by atoms with Crippen LogP contribution in [0.1, 0.15) is 43.7 Å². The molecule has 156 valence electrons. The molecule has 2 aromatic rings. The van der Waals surface area contributed by atoms with Gasteiger partial charge in [0.05, 0.1) is 5.69 Å². The Morgan fingerprint density at radius 1 is 1.29 bits per heavy atom. The maximum atomic E-state index is 10.1. The Balaban J connectivity index is 0.00000392. The third-order valence-electron chi connectivity index (χ3n) is 3.84. The first-order valence-electron chi connectivity index (χ1n) is 9.33. The summed E-state index contributed by atoms with van der Waals surface area (Å²) >= 11 is 0. The van der Waals surface area contributed by atoms with Crippen molar-refractivity contribution in [1.82, 2.24) is 15.8 Å². The van der Waals surface area contributed by atoms with Gasteiger partial charge in [-0.25, -0.2) is 4.99 Å². The van der Waals surface area contributed by atoms with E-state index in [1.165, 1.54) is 0 Å². The summed E-state index contributed by atoms with van der Waals surface area (Å²) in [5.41, 5.74) is 2.04. The van der Waals surface area contributed by atoms with Gasteiger partial charge in [0.15, 0.2) is 11.7 Å². The van der Waals surface area contributed by atoms with Gasteiger partial charge in [0.2, 0.25) is 0 Å². The van der Waals surface area contributed by atoms with E-state index in [2.05, 4.69) is 34.6 Å². The molecule has 1 aromatic heterocycles. The first kappa shape index (κ1) is 24.2. The number of benzene rings is 1. The Morgan fingerprint density at radius 3 is 2.71 bits per heavy atom. The fourth-order valence-corrected chi connectivity index (χ4v) is 2.35. The van der Waals surface area contributed by atoms with Crippen molar-refractivity contribution in [3.05, 3.63) is 47.3 Å². The number of nitrogens with one attached hydrogen (secondary N) is 2. The highest BCUT2D eigenvalue weighted by molar-refractivity contribution is 14.0. The molecule has 0 radical (unpaired) electrons. The van der Waals surface area contributed by atoms with Crippen molar-refractivity contribution in [2.45, 2.75) is 46.3 Å². The number of rotatable bonds is 9. The van der Waals surface area contributed by atoms with Crippen LogP contribution in [0.3, 0.4) is 0 Å². The minimum atomic E-state index is -0.660. The molecule has 1 unspecified atom stereocenters. The second-order valence-electron chi connectivity index (χ2n) is 6.73. The van der Waals surface area contributed by atoms with Crippen LogP contribution in [0.5, 0.6) is 5.75 Å². The zero-order chi connectivity index (χ0) is 19.6. The van der Waals surface area contributed by atoms with E-state index in [0.29, 0.717) is 30.7 Å². The van der Waals surface area contributed by atoms with Crippen LogP contribution in [0.2, 0.25) is 0 Å². The molecule has 0 fully saturated rings. The van der Waals surface area contributed by atoms with Gasteiger partial charge in [-0.1, -0.05) is 31.1 Å². The molecule has 0 bridgehead atoms. The lowest BCUT2D eigenvalue weighted by molar-refractivity contribution is 0.110. The highest BCUT2D eigenvalue weighted by Crippen LogP contribution is 2.14. The van der Waals surface area contributed by atoms with Gasteiger partial charge in [-0.3, -0.25) is 0 Å². The summed E-state index contributed by atoms with van der Waals surface area (Å²) in [6, 6.07) is 9.67. The molecule has 1 heterocycles. The van der Waals surface area contributed by atoms with Crippen LogP contribution < -0.4 is 15.4 Å². The zero-order valence-electron chi connectivity index (χ0n) is 16.9. The third kappa shape index (κ3) is 8.47. The summed E-state index contributed by atoms with van der Waals surface area (Å²) in [7, 11) is 0. The number of ether oxygens (including phenoxy) is 1. The fraction of sp³-hybridized carbons (Fsp3) is 0.500. The van der Waals surface area contributed by atoms with Crippen LogP contribution >= 0.6 is 24.0 Å². The molecule has 7 nitrogen and oxygen atoms in total. The molecule has 3 N–H and O–H groups in total. The number of aromatic nitrogens is 1. The average Bonchev–Trinajstić information content (AvgIpc) is 3.12. The normalized spacial score (nSPS) is 12.4. The monoisotopic (exact) mass is 502 g/mol. The van der Waals surface area contributed by atoms with E-state index in [1.807, 2.05) is 44.2 Å². The summed E-state index contributed by atoms with van der Waals surface area (Å²) in [6.07, 6.45) is -0.660. The van der Waals surface area contributed by atoms with Gasteiger partial charge in [0.25, 0.3) is 0 Å². The number of nitrogens with zero attached hydrogens (tertiary/aromatic N) is 2. The van der Waals surface area contributed by atoms with Gasteiger partial charge in [-0.05, 0) is 37.5 Å². The van der Waals surface area contributed by atoms with Gasteiger partial charge in [0.1, 0.15) is 25.0 Å². The van der Waals surface area contributed by atoms with E-state index in [-0.39, 0.29) is 30.6 Å². The lowest BCUT2D eigenvalue weighted by Crippen LogP contribution is -2.42. The highest BCUT2D eigenvalue weighted by Gasteiger charge is 2.09. The molecule has 0 spiro atoms. The molecule has 2 rings (SSSR count). The van der Waals surface area contributed by atoms with Gasteiger partial charge >= 0.3 is 0 Å². The van der Waals surface area contributed by atoms with Crippen LogP contribution in [-0.2, 0) is 6.54 Å². The first-order chi connectivity index (χ1) is 13.0. The van der Waals surface area contributed by atoms with E-state index in [1.54, 1.807) is 0 Å². The summed E-state index contributed by atoms with van der Waals surface area (Å²) in [4.78, 5) is 4.47. The SMILES string of the molecule is CCNC(=NCc1cc(C(C)C)no1)NCC(O)COc1cccc(C)c1.I. The average molecular weight is 502 g/mol. The van der Waals surface area contributed by atoms with Gasteiger partial charge < -0.3 is 25.0 Å². The molecule has 1 aromatic carbocycles. The van der Waals surface area contributed by atoms with Crippen molar-refractivity contribution < 1.29 is 14.4 Å². The van der Waals surface area contributed by atoms with E-state index in [4.69, 9.17) is 9.26 Å². The van der Waals surface area contributed by atoms with Crippen molar-refractivity contribution in [3.63, 3.8) is 0 Å². The molecule has 0 aliphatic heterocycles. The predicted molar refractivity (Wildman–Crippen MR) is 122 cm³/mol. The predicted octanol–water partition coefficient (Wildman–Crippen LogP) is 3.22. The minimum absolute atomic E-state index is 0. The molecule has 8 heteroatoms. The minimum Gasteiger partial charge on any atom is -0.491 e. The Kier molecular flexibility index (Phi) is 10.9. The molecular weight excluding hydrogens is 471 g/mol. The maximum Gasteiger partial charge on any atom is 0.191 e. The molecule has 0 amide bonds. The van der Waals surface area contributed by atoms with Crippen molar-refractivity contribution in [1.29, 1.82) is 0 Å². The Labute approximate surface area is 184 Å². The quantitative estimate of drug-likeness (QED) is 0.277. The van der Waals surface area contributed by atoms with E-state index in [9.17, 15) is 5.11 Å². The molecule has 0 saturated heterocycles. The van der Waals surface area contributed by atoms with Gasteiger partial charge in [0, 0.05) is 19.2 Å². The number of guanidine groups is 1. The molecule has 0 aliphatic rings. The summed E-state index contributed by atoms with van der Waals surface area (Å²) in [5.74, 6) is 2.39. The van der Waals surface area contributed by atoms with E-state index >= 15 is 0 Å². The summed E-state index contributed by atoms with van der Waals surface area (Å²) in [5, 5.41) is 20.4. The topological polar surface area (TPSA) is 91.9 Å². The van der Waals surface area contributed by atoms with Crippen molar-refractivity contribution in [2.24, 2.45) is 4.99 Å². The summed E-state index contributed by atoms with van der Waals surface area (Å²) in [6.45, 7) is 9.75. The number of aliphatic imine (C=N–C) groups is 1. The van der Waals surface area contributed by atoms with Gasteiger partial charge in [-0.15, -0.1) is 24.0 Å². The Bertz CT molecular complexity index is 734. The second-order valence-corrected chi connectivity index (χ2v) is 6.73. The van der Waals surface area contributed by atoms with Crippen LogP contribution in [0.25, 0.3) is 0 Å². The molecule has 28 heavy (non-hydrogen) atoms. The number of aliphatic hydroxyl groups excluding tert-OH is 1. The summed E-state index contributed by atoms with van der Waals surface area (Å²) < 4.78 is 10.9. The third-order valence-corrected chi connectivity index (χ3v) is 3.84. The van der Waals surface area contributed by atoms with Crippen LogP contribution in [0.4, 0.5) is 0 Å². The largest absolute Gasteiger partial charge is 0.491 e.